The topological polar surface area (TPSA) is 84.6 Å². The van der Waals surface area contributed by atoms with Crippen LogP contribution >= 0.6 is 0 Å². The molecule has 0 aliphatic heterocycles. The fourth-order valence-corrected chi connectivity index (χ4v) is 2.37. The van der Waals surface area contributed by atoms with Crippen LogP contribution in [0.5, 0.6) is 0 Å². The fourth-order valence-electron chi connectivity index (χ4n) is 2.37. The number of hydrogen-bond acceptors (Lipinski definition) is 4. The van der Waals surface area contributed by atoms with Crippen molar-refractivity contribution in [1.82, 2.24) is 5.32 Å². The Morgan fingerprint density at radius 2 is 2.17 bits per heavy atom. The molecule has 1 aliphatic rings. The first kappa shape index (κ1) is 15.4. The number of carbonyl (C=O) groups excluding carboxylic acids is 1. The van der Waals surface area contributed by atoms with E-state index in [1.54, 1.807) is 7.11 Å². The molecule has 0 aromatic heterocycles. The van der Waals surface area contributed by atoms with Gasteiger partial charge in [0.25, 0.3) is 0 Å². The van der Waals surface area contributed by atoms with Gasteiger partial charge in [0.05, 0.1) is 18.2 Å². The Labute approximate surface area is 109 Å². The van der Waals surface area contributed by atoms with Gasteiger partial charge in [-0.1, -0.05) is 6.92 Å². The second kappa shape index (κ2) is 7.07. The number of nitrogens with two attached hydrogens (primary N) is 1. The van der Waals surface area contributed by atoms with Gasteiger partial charge in [-0.05, 0) is 38.0 Å². The summed E-state index contributed by atoms with van der Waals surface area (Å²) in [4.78, 5) is 12.0. The Balaban J connectivity index is 2.49. The number of hydrogen-bond donors (Lipinski definition) is 3. The van der Waals surface area contributed by atoms with Crippen molar-refractivity contribution in [3.8, 4) is 0 Å². The van der Waals surface area contributed by atoms with Crippen molar-refractivity contribution in [3.05, 3.63) is 0 Å². The number of ether oxygens (including phenoxy) is 1. The Morgan fingerprint density at radius 3 is 2.67 bits per heavy atom. The summed E-state index contributed by atoms with van der Waals surface area (Å²) in [6.07, 6.45) is 4.23. The van der Waals surface area contributed by atoms with E-state index in [0.29, 0.717) is 18.9 Å². The molecular weight excluding hydrogens is 232 g/mol. The van der Waals surface area contributed by atoms with Crippen molar-refractivity contribution < 1.29 is 14.6 Å². The normalized spacial score (nSPS) is 29.9. The van der Waals surface area contributed by atoms with Crippen molar-refractivity contribution >= 4 is 5.91 Å². The number of aliphatic hydroxyl groups excluding tert-OH is 1. The zero-order chi connectivity index (χ0) is 13.6. The van der Waals surface area contributed by atoms with E-state index in [4.69, 9.17) is 10.5 Å². The van der Waals surface area contributed by atoms with Crippen molar-refractivity contribution in [3.63, 3.8) is 0 Å². The van der Waals surface area contributed by atoms with E-state index in [-0.39, 0.29) is 12.5 Å². The maximum absolute atomic E-state index is 12.0. The number of methoxy groups -OCH3 is 1. The van der Waals surface area contributed by atoms with E-state index >= 15 is 0 Å². The summed E-state index contributed by atoms with van der Waals surface area (Å²) in [5, 5.41) is 12.5. The molecule has 1 unspecified atom stereocenters. The van der Waals surface area contributed by atoms with Crippen LogP contribution in [-0.4, -0.2) is 42.9 Å². The minimum atomic E-state index is -0.562. The fraction of sp³-hybridized carbons (Fsp3) is 0.923. The van der Waals surface area contributed by atoms with E-state index in [9.17, 15) is 9.90 Å². The highest BCUT2D eigenvalue weighted by atomic mass is 16.5. The molecule has 0 heterocycles. The first-order valence-corrected chi connectivity index (χ1v) is 6.70. The third-order valence-corrected chi connectivity index (χ3v) is 3.89. The van der Waals surface area contributed by atoms with Gasteiger partial charge in [-0.25, -0.2) is 0 Å². The van der Waals surface area contributed by atoms with Crippen molar-refractivity contribution in [2.24, 2.45) is 11.7 Å². The minimum absolute atomic E-state index is 0.0115. The average molecular weight is 258 g/mol. The highest BCUT2D eigenvalue weighted by Crippen LogP contribution is 2.31. The largest absolute Gasteiger partial charge is 0.394 e. The predicted molar refractivity (Wildman–Crippen MR) is 70.1 cm³/mol. The molecule has 1 saturated carbocycles. The van der Waals surface area contributed by atoms with Gasteiger partial charge in [-0.15, -0.1) is 0 Å². The van der Waals surface area contributed by atoms with Gasteiger partial charge in [0.1, 0.15) is 0 Å². The summed E-state index contributed by atoms with van der Waals surface area (Å²) in [7, 11) is 1.59. The molecule has 0 bridgehead atoms. The highest BCUT2D eigenvalue weighted by Gasteiger charge is 2.35. The summed E-state index contributed by atoms with van der Waals surface area (Å²) in [6, 6.07) is -0.562. The Morgan fingerprint density at radius 1 is 1.56 bits per heavy atom. The predicted octanol–water partition coefficient (Wildman–Crippen LogP) is 0.408. The maximum atomic E-state index is 12.0. The first-order chi connectivity index (χ1) is 8.53. The molecule has 106 valence electrons. The molecule has 1 fully saturated rings. The highest BCUT2D eigenvalue weighted by molar-refractivity contribution is 5.82. The van der Waals surface area contributed by atoms with Gasteiger partial charge in [-0.3, -0.25) is 4.79 Å². The summed E-state index contributed by atoms with van der Waals surface area (Å²) >= 11 is 0. The van der Waals surface area contributed by atoms with E-state index in [2.05, 4.69) is 12.2 Å². The third-order valence-electron chi connectivity index (χ3n) is 3.89. The van der Waals surface area contributed by atoms with Crippen LogP contribution in [0, 0.1) is 5.92 Å². The average Bonchev–Trinajstić information content (AvgIpc) is 2.38. The zero-order valence-electron chi connectivity index (χ0n) is 11.4. The van der Waals surface area contributed by atoms with Crippen LogP contribution in [0.3, 0.4) is 0 Å². The lowest BCUT2D eigenvalue weighted by atomic mass is 9.77. The van der Waals surface area contributed by atoms with Gasteiger partial charge >= 0.3 is 0 Å². The van der Waals surface area contributed by atoms with Gasteiger partial charge in [0.2, 0.25) is 5.91 Å². The summed E-state index contributed by atoms with van der Waals surface area (Å²) in [5.41, 5.74) is 5.32. The lowest BCUT2D eigenvalue weighted by molar-refractivity contribution is -0.126. The molecule has 0 aromatic rings. The molecule has 1 rings (SSSR count). The Hall–Kier alpha value is -0.650. The van der Waals surface area contributed by atoms with E-state index in [0.717, 1.165) is 25.7 Å². The molecule has 5 nitrogen and oxygen atoms in total. The van der Waals surface area contributed by atoms with Crippen LogP contribution in [0.4, 0.5) is 0 Å². The van der Waals surface area contributed by atoms with Crippen LogP contribution in [0.2, 0.25) is 0 Å². The van der Waals surface area contributed by atoms with Crippen LogP contribution in [-0.2, 0) is 9.53 Å². The van der Waals surface area contributed by atoms with Gasteiger partial charge in [0.15, 0.2) is 0 Å². The van der Waals surface area contributed by atoms with Crippen molar-refractivity contribution in [2.75, 3.05) is 20.3 Å². The molecule has 0 aromatic carbocycles. The summed E-state index contributed by atoms with van der Waals surface area (Å²) < 4.78 is 4.91. The van der Waals surface area contributed by atoms with Gasteiger partial charge in [0, 0.05) is 13.7 Å². The maximum Gasteiger partial charge on any atom is 0.237 e. The number of carbonyl (C=O) groups is 1. The number of amides is 1. The molecule has 4 N–H and O–H groups in total. The van der Waals surface area contributed by atoms with Crippen LogP contribution in [0.1, 0.15) is 39.0 Å². The van der Waals surface area contributed by atoms with Crippen LogP contribution in [0.25, 0.3) is 0 Å². The Kier molecular flexibility index (Phi) is 6.05. The van der Waals surface area contributed by atoms with Crippen LogP contribution in [0.15, 0.2) is 0 Å². The second-order valence-corrected chi connectivity index (χ2v) is 5.50. The quantitative estimate of drug-likeness (QED) is 0.644. The molecule has 18 heavy (non-hydrogen) atoms. The number of aliphatic hydroxyl groups is 1. The second-order valence-electron chi connectivity index (χ2n) is 5.50. The molecule has 1 atom stereocenters. The molecule has 0 spiro atoms. The molecule has 1 aliphatic carbocycles. The Bertz CT molecular complexity index is 263. The first-order valence-electron chi connectivity index (χ1n) is 6.70. The molecule has 0 saturated heterocycles. The number of rotatable bonds is 6. The molecular formula is C13H26N2O3. The van der Waals surface area contributed by atoms with E-state index in [1.165, 1.54) is 0 Å². The summed E-state index contributed by atoms with van der Waals surface area (Å²) in [5.74, 6) is 0.486. The molecule has 5 heteroatoms. The van der Waals surface area contributed by atoms with Crippen molar-refractivity contribution in [2.45, 2.75) is 50.6 Å². The lowest BCUT2D eigenvalue weighted by Gasteiger charge is -2.39. The third kappa shape index (κ3) is 4.23. The van der Waals surface area contributed by atoms with Crippen molar-refractivity contribution in [1.29, 1.82) is 0 Å². The SMILES string of the molecule is COCCC(N)C(=O)NC1(CO)CCC(C)CC1. The van der Waals surface area contributed by atoms with E-state index in [1.807, 2.05) is 0 Å². The van der Waals surface area contributed by atoms with Gasteiger partial charge < -0.3 is 20.9 Å². The number of nitrogens with one attached hydrogen (secondary N) is 1. The minimum Gasteiger partial charge on any atom is -0.394 e. The molecule has 0 radical (unpaired) electrons. The van der Waals surface area contributed by atoms with E-state index < -0.39 is 11.6 Å². The smallest absolute Gasteiger partial charge is 0.237 e. The standard InChI is InChI=1S/C13H26N2O3/c1-10-3-6-13(9-16,7-4-10)15-12(17)11(14)5-8-18-2/h10-11,16H,3-9,14H2,1-2H3,(H,15,17). The monoisotopic (exact) mass is 258 g/mol. The molecule has 1 amide bonds. The zero-order valence-corrected chi connectivity index (χ0v) is 11.4. The van der Waals surface area contributed by atoms with Gasteiger partial charge in [-0.2, -0.15) is 0 Å². The van der Waals surface area contributed by atoms with Crippen LogP contribution < -0.4 is 11.1 Å². The lowest BCUT2D eigenvalue weighted by Crippen LogP contribution is -2.57. The summed E-state index contributed by atoms with van der Waals surface area (Å²) in [6.45, 7) is 2.66.